The summed E-state index contributed by atoms with van der Waals surface area (Å²) < 4.78 is 5.73. The molecule has 0 saturated carbocycles. The van der Waals surface area contributed by atoms with E-state index in [2.05, 4.69) is 6.07 Å². The van der Waals surface area contributed by atoms with E-state index in [9.17, 15) is 0 Å². The molecule has 0 aromatic carbocycles. The molecule has 0 N–H and O–H groups in total. The van der Waals surface area contributed by atoms with E-state index in [1.165, 1.54) is 0 Å². The van der Waals surface area contributed by atoms with Gasteiger partial charge in [0.15, 0.2) is 5.76 Å². The van der Waals surface area contributed by atoms with Crippen LogP contribution in [0.15, 0.2) is 22.8 Å². The van der Waals surface area contributed by atoms with E-state index < -0.39 is 0 Å². The van der Waals surface area contributed by atoms with Crippen LogP contribution in [0.3, 0.4) is 0 Å². The lowest BCUT2D eigenvalue weighted by Gasteiger charge is -2.27. The highest BCUT2D eigenvalue weighted by atomic mass is 16.3. The Kier molecular flexibility index (Phi) is 2.20. The van der Waals surface area contributed by atoms with Gasteiger partial charge in [0.25, 0.3) is 0 Å². The number of nitrogens with zero attached hydrogens (tertiary/aromatic N) is 2. The third-order valence-electron chi connectivity index (χ3n) is 1.71. The van der Waals surface area contributed by atoms with Crippen molar-refractivity contribution in [1.82, 2.24) is 0 Å². The second kappa shape index (κ2) is 3.00. The summed E-state index contributed by atoms with van der Waals surface area (Å²) in [6.07, 6.45) is 1.59. The summed E-state index contributed by atoms with van der Waals surface area (Å²) in [4.78, 5) is 0. The fourth-order valence-corrected chi connectivity index (χ4v) is 1.07. The first-order valence-electron chi connectivity index (χ1n) is 3.80. The number of rotatable bonds is 2. The first kappa shape index (κ1) is 8.82. The zero-order chi connectivity index (χ0) is 9.19. The van der Waals surface area contributed by atoms with Gasteiger partial charge in [-0.25, -0.2) is 0 Å². The Hall–Kier alpha value is -1.27. The average molecular weight is 165 g/mol. The molecule has 12 heavy (non-hydrogen) atoms. The zero-order valence-corrected chi connectivity index (χ0v) is 7.61. The predicted octanol–water partition coefficient (Wildman–Crippen LogP) is 1.55. The van der Waals surface area contributed by atoms with E-state index in [1.807, 2.05) is 27.2 Å². The number of hydrogen-bond acceptors (Lipinski definition) is 2. The van der Waals surface area contributed by atoms with Crippen molar-refractivity contribution in [2.24, 2.45) is 0 Å². The van der Waals surface area contributed by atoms with Gasteiger partial charge in [0, 0.05) is 0 Å². The molecule has 1 unspecified atom stereocenters. The number of hydrogen-bond donors (Lipinski definition) is 0. The maximum Gasteiger partial charge on any atom is 0.234 e. The van der Waals surface area contributed by atoms with Crippen molar-refractivity contribution >= 4 is 0 Å². The van der Waals surface area contributed by atoms with Crippen LogP contribution in [0.25, 0.3) is 0 Å². The highest BCUT2D eigenvalue weighted by molar-refractivity contribution is 5.09. The summed E-state index contributed by atoms with van der Waals surface area (Å²) in [5, 5.41) is 8.91. The first-order valence-corrected chi connectivity index (χ1v) is 3.80. The van der Waals surface area contributed by atoms with E-state index in [4.69, 9.17) is 9.68 Å². The fourth-order valence-electron chi connectivity index (χ4n) is 1.07. The Balaban J connectivity index is 2.94. The van der Waals surface area contributed by atoms with Crippen LogP contribution in [0.2, 0.25) is 0 Å². The van der Waals surface area contributed by atoms with Gasteiger partial charge in [-0.3, -0.25) is 0 Å². The Morgan fingerprint density at radius 2 is 2.17 bits per heavy atom. The van der Waals surface area contributed by atoms with Gasteiger partial charge in [-0.15, -0.1) is 0 Å². The summed E-state index contributed by atoms with van der Waals surface area (Å²) in [6, 6.07) is 5.63. The average Bonchev–Trinajstić information content (AvgIpc) is 2.38. The molecular formula is C9H13N2O+. The Morgan fingerprint density at radius 3 is 2.50 bits per heavy atom. The minimum Gasteiger partial charge on any atom is -0.462 e. The van der Waals surface area contributed by atoms with Crippen LogP contribution in [0.5, 0.6) is 0 Å². The molecule has 0 spiro atoms. The van der Waals surface area contributed by atoms with E-state index >= 15 is 0 Å². The summed E-state index contributed by atoms with van der Waals surface area (Å²) in [6.45, 7) is 0. The number of nitriles is 1. The van der Waals surface area contributed by atoms with Crippen molar-refractivity contribution in [1.29, 1.82) is 5.26 Å². The van der Waals surface area contributed by atoms with Gasteiger partial charge < -0.3 is 8.90 Å². The van der Waals surface area contributed by atoms with Crippen molar-refractivity contribution in [2.75, 3.05) is 21.1 Å². The van der Waals surface area contributed by atoms with Gasteiger partial charge in [-0.05, 0) is 12.1 Å². The maximum atomic E-state index is 8.91. The molecule has 1 aromatic heterocycles. The largest absolute Gasteiger partial charge is 0.462 e. The van der Waals surface area contributed by atoms with Crippen molar-refractivity contribution in [3.8, 4) is 6.07 Å². The molecule has 0 radical (unpaired) electrons. The second-order valence-corrected chi connectivity index (χ2v) is 3.66. The molecule has 3 nitrogen and oxygen atoms in total. The maximum absolute atomic E-state index is 8.91. The van der Waals surface area contributed by atoms with Crippen LogP contribution < -0.4 is 0 Å². The quantitative estimate of drug-likeness (QED) is 0.623. The third-order valence-corrected chi connectivity index (χ3v) is 1.71. The van der Waals surface area contributed by atoms with Gasteiger partial charge in [-0.1, -0.05) is 0 Å². The Morgan fingerprint density at radius 1 is 1.50 bits per heavy atom. The topological polar surface area (TPSA) is 36.9 Å². The molecule has 0 bridgehead atoms. The predicted molar refractivity (Wildman–Crippen MR) is 45.1 cm³/mol. The van der Waals surface area contributed by atoms with Crippen LogP contribution in [0, 0.1) is 11.3 Å². The standard InChI is InChI=1S/C9H13N2O/c1-11(2,3)8(7-10)9-5-4-6-12-9/h4-6,8H,1-3H3/q+1. The van der Waals surface area contributed by atoms with Gasteiger partial charge in [0.1, 0.15) is 6.07 Å². The molecule has 0 aliphatic carbocycles. The molecular weight excluding hydrogens is 152 g/mol. The van der Waals surface area contributed by atoms with Crippen molar-refractivity contribution < 1.29 is 8.90 Å². The molecule has 64 valence electrons. The summed E-state index contributed by atoms with van der Waals surface area (Å²) >= 11 is 0. The lowest BCUT2D eigenvalue weighted by molar-refractivity contribution is -0.894. The normalized spacial score (nSPS) is 13.8. The molecule has 0 saturated heterocycles. The molecule has 0 aliphatic heterocycles. The second-order valence-electron chi connectivity index (χ2n) is 3.66. The summed E-state index contributed by atoms with van der Waals surface area (Å²) in [5.74, 6) is 0.727. The Labute approximate surface area is 72.4 Å². The van der Waals surface area contributed by atoms with Gasteiger partial charge >= 0.3 is 0 Å². The minimum absolute atomic E-state index is 0.222. The number of furan rings is 1. The molecule has 0 fully saturated rings. The van der Waals surface area contributed by atoms with E-state index in [1.54, 1.807) is 12.3 Å². The highest BCUT2D eigenvalue weighted by Gasteiger charge is 2.27. The monoisotopic (exact) mass is 165 g/mol. The molecule has 0 amide bonds. The van der Waals surface area contributed by atoms with E-state index in [0.717, 1.165) is 5.76 Å². The zero-order valence-electron chi connectivity index (χ0n) is 7.61. The summed E-state index contributed by atoms with van der Waals surface area (Å²) in [7, 11) is 5.91. The third kappa shape index (κ3) is 1.66. The number of quaternary nitrogens is 1. The SMILES string of the molecule is C[N+](C)(C)C(C#N)c1ccco1. The molecule has 1 rings (SSSR count). The van der Waals surface area contributed by atoms with Crippen LogP contribution >= 0.6 is 0 Å². The van der Waals surface area contributed by atoms with Crippen molar-refractivity contribution in [2.45, 2.75) is 6.04 Å². The van der Waals surface area contributed by atoms with Gasteiger partial charge in [-0.2, -0.15) is 5.26 Å². The summed E-state index contributed by atoms with van der Waals surface area (Å²) in [5.41, 5.74) is 0. The van der Waals surface area contributed by atoms with Crippen molar-refractivity contribution in [3.63, 3.8) is 0 Å². The fraction of sp³-hybridized carbons (Fsp3) is 0.444. The van der Waals surface area contributed by atoms with Gasteiger partial charge in [0.05, 0.1) is 27.4 Å². The van der Waals surface area contributed by atoms with Crippen LogP contribution in [0.4, 0.5) is 0 Å². The lowest BCUT2D eigenvalue weighted by atomic mass is 10.2. The molecule has 3 heteroatoms. The first-order chi connectivity index (χ1) is 5.55. The van der Waals surface area contributed by atoms with Crippen LogP contribution in [-0.2, 0) is 0 Å². The molecule has 0 aliphatic rings. The molecule has 1 atom stereocenters. The molecule has 1 heterocycles. The Bertz CT molecular complexity index is 276. The van der Waals surface area contributed by atoms with Crippen LogP contribution in [0.1, 0.15) is 11.8 Å². The van der Waals surface area contributed by atoms with Gasteiger partial charge in [0.2, 0.25) is 6.04 Å². The van der Waals surface area contributed by atoms with E-state index in [-0.39, 0.29) is 6.04 Å². The van der Waals surface area contributed by atoms with Crippen molar-refractivity contribution in [3.05, 3.63) is 24.2 Å². The minimum atomic E-state index is -0.222. The lowest BCUT2D eigenvalue weighted by Crippen LogP contribution is -2.37. The van der Waals surface area contributed by atoms with Crippen LogP contribution in [-0.4, -0.2) is 25.6 Å². The smallest absolute Gasteiger partial charge is 0.234 e. The van der Waals surface area contributed by atoms with E-state index in [0.29, 0.717) is 4.48 Å². The highest BCUT2D eigenvalue weighted by Crippen LogP contribution is 2.22. The molecule has 1 aromatic rings.